The van der Waals surface area contributed by atoms with Crippen LogP contribution in [0.1, 0.15) is 48.9 Å². The molecule has 3 aromatic rings. The monoisotopic (exact) mass is 500 g/mol. The fourth-order valence-corrected chi connectivity index (χ4v) is 3.35. The van der Waals surface area contributed by atoms with E-state index in [0.29, 0.717) is 22.9 Å². The Morgan fingerprint density at radius 3 is 2.30 bits per heavy atom. The summed E-state index contributed by atoms with van der Waals surface area (Å²) in [5.41, 5.74) is 6.83. The quantitative estimate of drug-likeness (QED) is 0.221. The molecule has 0 aliphatic heterocycles. The van der Waals surface area contributed by atoms with E-state index in [1.165, 1.54) is 17.3 Å². The summed E-state index contributed by atoms with van der Waals surface area (Å²) >= 11 is 0. The van der Waals surface area contributed by atoms with Crippen LogP contribution in [0.2, 0.25) is 0 Å². The van der Waals surface area contributed by atoms with Crippen LogP contribution in [0.3, 0.4) is 0 Å². The molecule has 8 nitrogen and oxygen atoms in total. The molecule has 3 amide bonds. The molecule has 0 bridgehead atoms. The van der Waals surface area contributed by atoms with Gasteiger partial charge in [0.1, 0.15) is 5.75 Å². The molecule has 0 saturated heterocycles. The Morgan fingerprint density at radius 2 is 1.62 bits per heavy atom. The molecule has 0 aromatic heterocycles. The van der Waals surface area contributed by atoms with Crippen molar-refractivity contribution in [3.8, 4) is 5.75 Å². The Kier molecular flexibility index (Phi) is 9.96. The highest BCUT2D eigenvalue weighted by Gasteiger charge is 2.12. The third kappa shape index (κ3) is 8.92. The molecule has 0 unspecified atom stereocenters. The number of hydrogen-bond acceptors (Lipinski definition) is 5. The predicted molar refractivity (Wildman–Crippen MR) is 145 cm³/mol. The number of hydrazone groups is 1. The predicted octanol–water partition coefficient (Wildman–Crippen LogP) is 4.16. The number of ether oxygens (including phenoxy) is 1. The van der Waals surface area contributed by atoms with Gasteiger partial charge in [-0.3, -0.25) is 14.4 Å². The molecule has 3 aromatic carbocycles. The molecule has 8 heteroatoms. The van der Waals surface area contributed by atoms with E-state index in [1.54, 1.807) is 24.3 Å². The number of rotatable bonds is 10. The molecule has 37 heavy (non-hydrogen) atoms. The fraction of sp³-hybridized carbons (Fsp3) is 0.241. The van der Waals surface area contributed by atoms with E-state index in [1.807, 2.05) is 48.5 Å². The highest BCUT2D eigenvalue weighted by molar-refractivity contribution is 6.35. The van der Waals surface area contributed by atoms with E-state index in [4.69, 9.17) is 4.74 Å². The summed E-state index contributed by atoms with van der Waals surface area (Å²) in [4.78, 5) is 36.2. The summed E-state index contributed by atoms with van der Waals surface area (Å²) in [5.74, 6) is -1.04. The molecule has 0 aliphatic carbocycles. The number of anilines is 1. The second-order valence-corrected chi connectivity index (χ2v) is 8.74. The van der Waals surface area contributed by atoms with Crippen molar-refractivity contribution < 1.29 is 19.1 Å². The molecule has 0 saturated carbocycles. The summed E-state index contributed by atoms with van der Waals surface area (Å²) in [6, 6.07) is 22.4. The topological polar surface area (TPSA) is 109 Å². The largest absolute Gasteiger partial charge is 0.484 e. The lowest BCUT2D eigenvalue weighted by molar-refractivity contribution is -0.139. The molecule has 0 radical (unpaired) electrons. The number of aryl methyl sites for hydroxylation is 1. The number of nitrogens with zero attached hydrogens (tertiary/aromatic N) is 1. The normalized spacial score (nSPS) is 10.8. The number of benzene rings is 3. The van der Waals surface area contributed by atoms with Crippen molar-refractivity contribution >= 4 is 29.6 Å². The van der Waals surface area contributed by atoms with Crippen LogP contribution in [0.4, 0.5) is 5.69 Å². The van der Waals surface area contributed by atoms with E-state index in [2.05, 4.69) is 41.9 Å². The van der Waals surface area contributed by atoms with Crippen LogP contribution in [0.15, 0.2) is 77.9 Å². The molecule has 0 spiro atoms. The lowest BCUT2D eigenvalue weighted by Crippen LogP contribution is -2.37. The molecule has 0 fully saturated rings. The van der Waals surface area contributed by atoms with Gasteiger partial charge in [-0.05, 0) is 58.9 Å². The van der Waals surface area contributed by atoms with Crippen molar-refractivity contribution in [2.24, 2.45) is 5.10 Å². The standard InChI is InChI=1S/C29H32N4O4/c1-4-21-10-14-25(15-11-21)32-27(34)19-37-26-7-5-6-23(16-26)18-31-33-29(36)28(35)30-17-22-8-12-24(13-9-22)20(2)3/h5-16,18,20H,4,17,19H2,1-3H3,(H,30,35)(H,32,34)(H,33,36)/b31-18-. The van der Waals surface area contributed by atoms with Crippen LogP contribution in [-0.4, -0.2) is 30.5 Å². The van der Waals surface area contributed by atoms with Crippen molar-refractivity contribution in [1.29, 1.82) is 0 Å². The maximum absolute atomic E-state index is 12.2. The van der Waals surface area contributed by atoms with E-state index >= 15 is 0 Å². The highest BCUT2D eigenvalue weighted by Crippen LogP contribution is 2.15. The molecule has 3 rings (SSSR count). The second kappa shape index (κ2) is 13.6. The Hall–Kier alpha value is -4.46. The maximum Gasteiger partial charge on any atom is 0.329 e. The van der Waals surface area contributed by atoms with Gasteiger partial charge in [-0.15, -0.1) is 0 Å². The highest BCUT2D eigenvalue weighted by atomic mass is 16.5. The van der Waals surface area contributed by atoms with Crippen LogP contribution in [-0.2, 0) is 27.3 Å². The van der Waals surface area contributed by atoms with Gasteiger partial charge in [0, 0.05) is 12.2 Å². The maximum atomic E-state index is 12.2. The lowest BCUT2D eigenvalue weighted by Gasteiger charge is -2.08. The number of carbonyl (C=O) groups is 3. The third-order valence-electron chi connectivity index (χ3n) is 5.56. The van der Waals surface area contributed by atoms with Crippen LogP contribution >= 0.6 is 0 Å². The minimum Gasteiger partial charge on any atom is -0.484 e. The van der Waals surface area contributed by atoms with Gasteiger partial charge in [-0.25, -0.2) is 5.43 Å². The first-order valence-corrected chi connectivity index (χ1v) is 12.2. The van der Waals surface area contributed by atoms with Gasteiger partial charge in [0.05, 0.1) is 6.21 Å². The summed E-state index contributed by atoms with van der Waals surface area (Å²) < 4.78 is 5.56. The van der Waals surface area contributed by atoms with Crippen molar-refractivity contribution in [3.63, 3.8) is 0 Å². The Balaban J connectivity index is 1.42. The minimum atomic E-state index is -0.869. The van der Waals surface area contributed by atoms with Gasteiger partial charge in [0.15, 0.2) is 6.61 Å². The second-order valence-electron chi connectivity index (χ2n) is 8.74. The van der Waals surface area contributed by atoms with Gasteiger partial charge in [0.2, 0.25) is 0 Å². The van der Waals surface area contributed by atoms with Gasteiger partial charge >= 0.3 is 11.8 Å². The molecule has 0 atom stereocenters. The first-order chi connectivity index (χ1) is 17.8. The van der Waals surface area contributed by atoms with Crippen LogP contribution < -0.4 is 20.8 Å². The van der Waals surface area contributed by atoms with Crippen LogP contribution in [0, 0.1) is 0 Å². The van der Waals surface area contributed by atoms with Crippen LogP contribution in [0.25, 0.3) is 0 Å². The average molecular weight is 501 g/mol. The number of nitrogens with one attached hydrogen (secondary N) is 3. The van der Waals surface area contributed by atoms with Crippen molar-refractivity contribution in [3.05, 3.63) is 95.1 Å². The molecule has 0 aliphatic rings. The Morgan fingerprint density at radius 1 is 0.919 bits per heavy atom. The van der Waals surface area contributed by atoms with Gasteiger partial charge in [-0.2, -0.15) is 5.10 Å². The zero-order chi connectivity index (χ0) is 26.6. The summed E-state index contributed by atoms with van der Waals surface area (Å²) in [6.45, 7) is 6.37. The van der Waals surface area contributed by atoms with Gasteiger partial charge < -0.3 is 15.4 Å². The SMILES string of the molecule is CCc1ccc(NC(=O)COc2cccc(/C=N\NC(=O)C(=O)NCc3ccc(C(C)C)cc3)c2)cc1. The summed E-state index contributed by atoms with van der Waals surface area (Å²) in [5, 5.41) is 9.19. The van der Waals surface area contributed by atoms with E-state index in [9.17, 15) is 14.4 Å². The number of hydrogen-bond donors (Lipinski definition) is 3. The first kappa shape index (κ1) is 27.1. The van der Waals surface area contributed by atoms with E-state index in [-0.39, 0.29) is 19.1 Å². The molecular formula is C29H32N4O4. The summed E-state index contributed by atoms with van der Waals surface area (Å²) in [6.07, 6.45) is 2.32. The van der Waals surface area contributed by atoms with Crippen molar-refractivity contribution in [1.82, 2.24) is 10.7 Å². The van der Waals surface area contributed by atoms with Crippen molar-refractivity contribution in [2.45, 2.75) is 39.7 Å². The Labute approximate surface area is 217 Å². The summed E-state index contributed by atoms with van der Waals surface area (Å²) in [7, 11) is 0. The zero-order valence-electron chi connectivity index (χ0n) is 21.3. The van der Waals surface area contributed by atoms with Crippen LogP contribution in [0.5, 0.6) is 5.75 Å². The average Bonchev–Trinajstić information content (AvgIpc) is 2.91. The minimum absolute atomic E-state index is 0.159. The van der Waals surface area contributed by atoms with Gasteiger partial charge in [-0.1, -0.05) is 69.3 Å². The van der Waals surface area contributed by atoms with E-state index < -0.39 is 11.8 Å². The number of amides is 3. The molecule has 0 heterocycles. The lowest BCUT2D eigenvalue weighted by atomic mass is 10.0. The van der Waals surface area contributed by atoms with E-state index in [0.717, 1.165) is 12.0 Å². The molecular weight excluding hydrogens is 468 g/mol. The fourth-order valence-electron chi connectivity index (χ4n) is 3.35. The smallest absolute Gasteiger partial charge is 0.329 e. The molecule has 192 valence electrons. The van der Waals surface area contributed by atoms with Gasteiger partial charge in [0.25, 0.3) is 5.91 Å². The third-order valence-corrected chi connectivity index (χ3v) is 5.56. The number of carbonyl (C=O) groups excluding carboxylic acids is 3. The molecule has 3 N–H and O–H groups in total. The zero-order valence-corrected chi connectivity index (χ0v) is 21.3. The van der Waals surface area contributed by atoms with Crippen molar-refractivity contribution in [2.75, 3.05) is 11.9 Å². The Bertz CT molecular complexity index is 1240. The first-order valence-electron chi connectivity index (χ1n) is 12.2.